The van der Waals surface area contributed by atoms with Gasteiger partial charge in [0.15, 0.2) is 0 Å². The van der Waals surface area contributed by atoms with Gasteiger partial charge in [-0.05, 0) is 23.2 Å². The third kappa shape index (κ3) is 2.20. The van der Waals surface area contributed by atoms with E-state index in [1.165, 1.54) is 0 Å². The van der Waals surface area contributed by atoms with E-state index in [1.807, 2.05) is 0 Å². The fourth-order valence-electron chi connectivity index (χ4n) is 0.243. The summed E-state index contributed by atoms with van der Waals surface area (Å²) in [5.74, 6) is -8.54. The molecule has 0 saturated heterocycles. The van der Waals surface area contributed by atoms with Gasteiger partial charge in [-0.25, -0.2) is 4.39 Å². The van der Waals surface area contributed by atoms with Crippen LogP contribution in [-0.2, 0) is 0 Å². The summed E-state index contributed by atoms with van der Waals surface area (Å²) in [4.78, 5) is 0. The van der Waals surface area contributed by atoms with Crippen molar-refractivity contribution in [3.05, 3.63) is 11.1 Å². The number of allylic oxidation sites excluding steroid dienone is 1. The van der Waals surface area contributed by atoms with Crippen LogP contribution in [0.15, 0.2) is 11.1 Å². The molecular formula is C4Cl2F6. The molecule has 0 radical (unpaired) electrons. The molecule has 0 aromatic heterocycles. The van der Waals surface area contributed by atoms with E-state index in [1.54, 1.807) is 0 Å². The van der Waals surface area contributed by atoms with E-state index in [0.29, 0.717) is 0 Å². The molecule has 0 fully saturated rings. The first-order valence-electron chi connectivity index (χ1n) is 2.26. The third-order valence-corrected chi connectivity index (χ3v) is 1.20. The van der Waals surface area contributed by atoms with E-state index in [4.69, 9.17) is 0 Å². The number of alkyl halides is 5. The molecule has 0 heterocycles. The molecule has 8 heteroatoms. The maximum atomic E-state index is 11.9. The number of halogens is 8. The quantitative estimate of drug-likeness (QED) is 0.502. The molecule has 12 heavy (non-hydrogen) atoms. The number of hydrogen-bond acceptors (Lipinski definition) is 0. The molecule has 0 amide bonds. The van der Waals surface area contributed by atoms with E-state index >= 15 is 0 Å². The van der Waals surface area contributed by atoms with Crippen LogP contribution in [0.1, 0.15) is 0 Å². The molecule has 0 aliphatic carbocycles. The molecule has 0 spiro atoms. The zero-order valence-electron chi connectivity index (χ0n) is 5.02. The Morgan fingerprint density at radius 2 is 1.33 bits per heavy atom. The van der Waals surface area contributed by atoms with E-state index in [-0.39, 0.29) is 0 Å². The van der Waals surface area contributed by atoms with Crippen molar-refractivity contribution in [1.82, 2.24) is 0 Å². The average molecular weight is 233 g/mol. The second kappa shape index (κ2) is 3.33. The van der Waals surface area contributed by atoms with Crippen LogP contribution >= 0.6 is 23.2 Å². The first-order valence-corrected chi connectivity index (χ1v) is 3.02. The molecule has 0 aliphatic rings. The predicted molar refractivity (Wildman–Crippen MR) is 30.8 cm³/mol. The van der Waals surface area contributed by atoms with Crippen LogP contribution in [0.25, 0.3) is 0 Å². The Morgan fingerprint density at radius 3 is 1.42 bits per heavy atom. The summed E-state index contributed by atoms with van der Waals surface area (Å²) in [6.07, 6.45) is 0. The van der Waals surface area contributed by atoms with Crippen molar-refractivity contribution in [3.8, 4) is 0 Å². The van der Waals surface area contributed by atoms with Gasteiger partial charge in [0.25, 0.3) is 0 Å². The molecule has 0 rings (SSSR count). The molecule has 0 unspecified atom stereocenters. The maximum absolute atomic E-state index is 11.9. The molecule has 0 aromatic carbocycles. The van der Waals surface area contributed by atoms with Crippen LogP contribution < -0.4 is 0 Å². The second-order valence-corrected chi connectivity index (χ2v) is 2.45. The van der Waals surface area contributed by atoms with Crippen molar-refractivity contribution >= 4 is 23.2 Å². The minimum atomic E-state index is -5.44. The Kier molecular flexibility index (Phi) is 3.31. The van der Waals surface area contributed by atoms with Crippen LogP contribution in [0.3, 0.4) is 0 Å². The van der Waals surface area contributed by atoms with Crippen molar-refractivity contribution in [2.24, 2.45) is 0 Å². The predicted octanol–water partition coefficient (Wildman–Crippen LogP) is 3.80. The summed E-state index contributed by atoms with van der Waals surface area (Å²) >= 11 is 7.87. The van der Waals surface area contributed by atoms with Crippen molar-refractivity contribution in [2.45, 2.75) is 11.3 Å². The molecule has 0 aromatic rings. The number of hydrogen-bond donors (Lipinski definition) is 0. The lowest BCUT2D eigenvalue weighted by atomic mass is 10.3. The minimum Gasteiger partial charge on any atom is -0.200 e. The summed E-state index contributed by atoms with van der Waals surface area (Å²) < 4.78 is 70.5. The molecule has 0 N–H and O–H groups in total. The van der Waals surface area contributed by atoms with E-state index in [9.17, 15) is 26.3 Å². The summed E-state index contributed by atoms with van der Waals surface area (Å²) in [6, 6.07) is 0. The van der Waals surface area contributed by atoms with Gasteiger partial charge in [0.05, 0.1) is 0 Å². The maximum Gasteiger partial charge on any atom is 0.391 e. The van der Waals surface area contributed by atoms with Gasteiger partial charge < -0.3 is 0 Å². The Hall–Kier alpha value is -0.100. The summed E-state index contributed by atoms with van der Waals surface area (Å²) in [7, 11) is 0. The molecular weight excluding hydrogens is 233 g/mol. The van der Waals surface area contributed by atoms with E-state index in [2.05, 4.69) is 23.2 Å². The van der Waals surface area contributed by atoms with Crippen LogP contribution in [-0.4, -0.2) is 11.3 Å². The Balaban J connectivity index is 5.01. The van der Waals surface area contributed by atoms with Gasteiger partial charge in [0.1, 0.15) is 0 Å². The second-order valence-electron chi connectivity index (χ2n) is 1.65. The molecule has 72 valence electrons. The molecule has 0 nitrogen and oxygen atoms in total. The van der Waals surface area contributed by atoms with Crippen molar-refractivity contribution in [3.63, 3.8) is 0 Å². The zero-order valence-corrected chi connectivity index (χ0v) is 6.54. The van der Waals surface area contributed by atoms with Gasteiger partial charge in [-0.3, -0.25) is 0 Å². The fourth-order valence-corrected chi connectivity index (χ4v) is 0.445. The Labute approximate surface area is 72.7 Å². The standard InChI is InChI=1S/C4Cl2F6/c5-2(8)1(7)3(9,10)4(6,11)12. The van der Waals surface area contributed by atoms with Crippen LogP contribution in [0, 0.1) is 0 Å². The molecule has 0 bridgehead atoms. The van der Waals surface area contributed by atoms with Crippen LogP contribution in [0.4, 0.5) is 26.3 Å². The summed E-state index contributed by atoms with van der Waals surface area (Å²) in [6.45, 7) is 0. The Bertz CT molecular complexity index is 200. The van der Waals surface area contributed by atoms with Gasteiger partial charge in [-0.15, -0.1) is 0 Å². The van der Waals surface area contributed by atoms with Gasteiger partial charge in [-0.2, -0.15) is 22.0 Å². The summed E-state index contributed by atoms with van der Waals surface area (Å²) in [5.41, 5.74) is 0. The Morgan fingerprint density at radius 1 is 1.00 bits per heavy atom. The highest BCUT2D eigenvalue weighted by Crippen LogP contribution is 2.44. The monoisotopic (exact) mass is 232 g/mol. The van der Waals surface area contributed by atoms with Gasteiger partial charge >= 0.3 is 11.3 Å². The normalized spacial score (nSPS) is 16.0. The first-order chi connectivity index (χ1) is 5.10. The molecule has 0 aliphatic heterocycles. The van der Waals surface area contributed by atoms with E-state index < -0.39 is 22.4 Å². The fraction of sp³-hybridized carbons (Fsp3) is 0.500. The minimum absolute atomic E-state index is 2.56. The molecule has 0 atom stereocenters. The van der Waals surface area contributed by atoms with E-state index in [0.717, 1.165) is 0 Å². The van der Waals surface area contributed by atoms with Gasteiger partial charge in [0, 0.05) is 0 Å². The van der Waals surface area contributed by atoms with Crippen molar-refractivity contribution in [1.29, 1.82) is 0 Å². The van der Waals surface area contributed by atoms with Crippen LogP contribution in [0.5, 0.6) is 0 Å². The SMILES string of the molecule is FC(Cl)=C(F)C(F)(F)C(F)(F)Cl. The highest BCUT2D eigenvalue weighted by atomic mass is 35.5. The molecule has 0 saturated carbocycles. The average Bonchev–Trinajstić information content (AvgIpc) is 1.83. The van der Waals surface area contributed by atoms with Crippen molar-refractivity contribution < 1.29 is 26.3 Å². The van der Waals surface area contributed by atoms with Crippen LogP contribution in [0.2, 0.25) is 0 Å². The first kappa shape index (κ1) is 11.9. The topological polar surface area (TPSA) is 0 Å². The zero-order chi connectivity index (χ0) is 10.2. The largest absolute Gasteiger partial charge is 0.391 e. The van der Waals surface area contributed by atoms with Gasteiger partial charge in [-0.1, -0.05) is 0 Å². The lowest BCUT2D eigenvalue weighted by Gasteiger charge is -2.18. The summed E-state index contributed by atoms with van der Waals surface area (Å²) in [5, 5.41) is -7.77. The lowest BCUT2D eigenvalue weighted by Crippen LogP contribution is -2.36. The highest BCUT2D eigenvalue weighted by Gasteiger charge is 2.60. The van der Waals surface area contributed by atoms with Gasteiger partial charge in [0.2, 0.25) is 11.1 Å². The highest BCUT2D eigenvalue weighted by molar-refractivity contribution is 6.28. The number of rotatable bonds is 2. The third-order valence-electron chi connectivity index (χ3n) is 0.798. The lowest BCUT2D eigenvalue weighted by molar-refractivity contribution is -0.142. The smallest absolute Gasteiger partial charge is 0.200 e. The van der Waals surface area contributed by atoms with Crippen molar-refractivity contribution in [2.75, 3.05) is 0 Å².